The molecule has 1 heterocycles. The van der Waals surface area contributed by atoms with Gasteiger partial charge in [-0.15, -0.1) is 10.2 Å². The van der Waals surface area contributed by atoms with Crippen LogP contribution in [0.4, 0.5) is 11.5 Å². The van der Waals surface area contributed by atoms with E-state index in [1.807, 2.05) is 0 Å². The molecular formula is C17H17N4NaO9S3. The maximum absolute atomic E-state index is 12.0. The molecule has 0 amide bonds. The Morgan fingerprint density at radius 2 is 1.44 bits per heavy atom. The number of hydrogen-bond acceptors (Lipinski definition) is 9. The van der Waals surface area contributed by atoms with Gasteiger partial charge in [-0.2, -0.15) is 21.0 Å². The molecule has 0 aliphatic heterocycles. The molecule has 178 valence electrons. The third-order valence-electron chi connectivity index (χ3n) is 3.71. The molecule has 0 fully saturated rings. The third kappa shape index (κ3) is 9.26. The third-order valence-corrected chi connectivity index (χ3v) is 5.61. The van der Waals surface area contributed by atoms with Crippen LogP contribution in [-0.2, 0) is 31.6 Å². The van der Waals surface area contributed by atoms with Crippen LogP contribution in [0.5, 0.6) is 0 Å². The van der Waals surface area contributed by atoms with Crippen LogP contribution in [0.1, 0.15) is 11.1 Å². The first-order valence-corrected chi connectivity index (χ1v) is 12.4. The van der Waals surface area contributed by atoms with Crippen molar-refractivity contribution >= 4 is 84.8 Å². The standard InChI is InChI=1S/C17H14N4O6S2.Na.H2O3S.H/c22-28(23,24)15-7-2-1-4-12(15)8-9-13-5-3-6-14(17(13)29(25,26)27)19-16-10-11-18-21-20-16;;1-4(2)3;/h1-11H,(H,18,19,20)(H,22,23,24)(H,25,26,27);;(H2,1,2,3);/b9-8+;;;. The van der Waals surface area contributed by atoms with Crippen LogP contribution in [0.2, 0.25) is 0 Å². The molecular weight excluding hydrogens is 523 g/mol. The summed E-state index contributed by atoms with van der Waals surface area (Å²) < 4.78 is 88.9. The first-order chi connectivity index (χ1) is 15.4. The summed E-state index contributed by atoms with van der Waals surface area (Å²) in [4.78, 5) is -0.787. The monoisotopic (exact) mass is 540 g/mol. The number of aromatic nitrogens is 3. The van der Waals surface area contributed by atoms with Gasteiger partial charge >= 0.3 is 29.6 Å². The number of nitrogens with zero attached hydrogens (tertiary/aromatic N) is 3. The van der Waals surface area contributed by atoms with Crippen LogP contribution in [0.15, 0.2) is 64.5 Å². The normalized spacial score (nSPS) is 11.4. The van der Waals surface area contributed by atoms with E-state index in [9.17, 15) is 25.9 Å². The summed E-state index contributed by atoms with van der Waals surface area (Å²) in [6.45, 7) is 0. The van der Waals surface area contributed by atoms with Gasteiger partial charge in [0.15, 0.2) is 5.82 Å². The van der Waals surface area contributed by atoms with Crippen molar-refractivity contribution in [2.45, 2.75) is 9.79 Å². The van der Waals surface area contributed by atoms with E-state index in [1.54, 1.807) is 6.07 Å². The molecule has 0 bridgehead atoms. The Kier molecular flexibility index (Phi) is 11.5. The Hall–Kier alpha value is -2.12. The molecule has 0 atom stereocenters. The zero-order valence-electron chi connectivity index (χ0n) is 16.2. The van der Waals surface area contributed by atoms with Gasteiger partial charge in [0.2, 0.25) is 0 Å². The molecule has 3 aromatic rings. The molecule has 0 unspecified atom stereocenters. The summed E-state index contributed by atoms with van der Waals surface area (Å²) in [6.07, 6.45) is 3.96. The molecule has 2 aromatic carbocycles. The van der Waals surface area contributed by atoms with Crippen molar-refractivity contribution in [3.63, 3.8) is 0 Å². The van der Waals surface area contributed by atoms with Gasteiger partial charge in [-0.3, -0.25) is 18.2 Å². The molecule has 0 aliphatic carbocycles. The summed E-state index contributed by atoms with van der Waals surface area (Å²) in [5, 5.41) is 13.4. The number of hydrogen-bond donors (Lipinski definition) is 5. The minimum absolute atomic E-state index is 0. The minimum atomic E-state index is -4.67. The molecule has 1 aromatic heterocycles. The van der Waals surface area contributed by atoms with Gasteiger partial charge in [0.1, 0.15) is 9.79 Å². The molecule has 0 aliphatic rings. The predicted molar refractivity (Wildman–Crippen MR) is 125 cm³/mol. The van der Waals surface area contributed by atoms with Crippen LogP contribution in [0.3, 0.4) is 0 Å². The summed E-state index contributed by atoms with van der Waals surface area (Å²) in [5.41, 5.74) is 0.234. The van der Waals surface area contributed by atoms with E-state index in [1.165, 1.54) is 60.8 Å². The van der Waals surface area contributed by atoms with Crippen molar-refractivity contribution < 1.29 is 39.3 Å². The average Bonchev–Trinajstić information content (AvgIpc) is 2.71. The van der Waals surface area contributed by atoms with Gasteiger partial charge < -0.3 is 5.32 Å². The van der Waals surface area contributed by atoms with Crippen LogP contribution in [0.25, 0.3) is 12.2 Å². The SMILES string of the molecule is O=S(=O)(O)c1ccccc1/C=C/c1cccc(Nc2ccnnn2)c1S(=O)(=O)O.O=S(O)O.[NaH]. The van der Waals surface area contributed by atoms with Gasteiger partial charge in [-0.25, -0.2) is 0 Å². The second-order valence-corrected chi connectivity index (χ2v) is 9.12. The quantitative estimate of drug-likeness (QED) is 0.129. The Bertz CT molecular complexity index is 1380. The van der Waals surface area contributed by atoms with Gasteiger partial charge in [0, 0.05) is 6.07 Å². The average molecular weight is 541 g/mol. The van der Waals surface area contributed by atoms with Crippen LogP contribution < -0.4 is 5.32 Å². The molecule has 0 saturated carbocycles. The van der Waals surface area contributed by atoms with Crippen molar-refractivity contribution in [2.24, 2.45) is 0 Å². The molecule has 0 saturated heterocycles. The molecule has 0 spiro atoms. The Balaban J connectivity index is 0.00000107. The van der Waals surface area contributed by atoms with Crippen LogP contribution >= 0.6 is 0 Å². The number of anilines is 2. The van der Waals surface area contributed by atoms with E-state index in [-0.39, 0.29) is 57.1 Å². The van der Waals surface area contributed by atoms with E-state index < -0.39 is 36.5 Å². The molecule has 13 nitrogen and oxygen atoms in total. The first kappa shape index (κ1) is 29.9. The summed E-state index contributed by atoms with van der Waals surface area (Å²) >= 11 is -2.61. The molecule has 0 radical (unpaired) electrons. The second-order valence-electron chi connectivity index (χ2n) is 5.91. The number of rotatable bonds is 6. The molecule has 5 N–H and O–H groups in total. The van der Waals surface area contributed by atoms with Gasteiger partial charge in [0.25, 0.3) is 31.6 Å². The van der Waals surface area contributed by atoms with Gasteiger partial charge in [0.05, 0.1) is 11.9 Å². The van der Waals surface area contributed by atoms with E-state index in [4.69, 9.17) is 13.3 Å². The van der Waals surface area contributed by atoms with Crippen LogP contribution in [-0.4, -0.2) is 84.2 Å². The van der Waals surface area contributed by atoms with E-state index in [0.29, 0.717) is 0 Å². The topological polar surface area (TPSA) is 217 Å². The van der Waals surface area contributed by atoms with Crippen molar-refractivity contribution in [2.75, 3.05) is 5.32 Å². The fourth-order valence-corrected chi connectivity index (χ4v) is 4.07. The zero-order chi connectivity index (χ0) is 24.6. The maximum atomic E-state index is 12.0. The van der Waals surface area contributed by atoms with E-state index in [0.717, 1.165) is 0 Å². The van der Waals surface area contributed by atoms with Crippen molar-refractivity contribution in [3.8, 4) is 0 Å². The molecule has 3 rings (SSSR count). The second kappa shape index (κ2) is 13.1. The first-order valence-electron chi connectivity index (χ1n) is 8.46. The van der Waals surface area contributed by atoms with Crippen molar-refractivity contribution in [1.82, 2.24) is 15.4 Å². The van der Waals surface area contributed by atoms with Gasteiger partial charge in [-0.1, -0.05) is 42.5 Å². The Morgan fingerprint density at radius 3 is 2.00 bits per heavy atom. The van der Waals surface area contributed by atoms with Crippen molar-refractivity contribution in [3.05, 3.63) is 65.9 Å². The summed E-state index contributed by atoms with van der Waals surface area (Å²) in [5.74, 6) is 0.197. The Morgan fingerprint density at radius 1 is 0.853 bits per heavy atom. The van der Waals surface area contributed by atoms with Crippen LogP contribution in [0, 0.1) is 0 Å². The fourth-order valence-electron chi connectivity index (χ4n) is 2.55. The number of benzene rings is 2. The molecule has 17 heteroatoms. The Labute approximate surface area is 219 Å². The van der Waals surface area contributed by atoms with Crippen molar-refractivity contribution in [1.29, 1.82) is 0 Å². The van der Waals surface area contributed by atoms with E-state index in [2.05, 4.69) is 20.7 Å². The summed E-state index contributed by atoms with van der Waals surface area (Å²) in [6, 6.07) is 11.4. The van der Waals surface area contributed by atoms with Gasteiger partial charge in [-0.05, 0) is 28.5 Å². The van der Waals surface area contributed by atoms with E-state index >= 15 is 0 Å². The fraction of sp³-hybridized carbons (Fsp3) is 0. The molecule has 34 heavy (non-hydrogen) atoms. The predicted octanol–water partition coefficient (Wildman–Crippen LogP) is 1.31. The summed E-state index contributed by atoms with van der Waals surface area (Å²) in [7, 11) is -9.15. The zero-order valence-corrected chi connectivity index (χ0v) is 18.7. The number of nitrogens with one attached hydrogen (secondary N) is 1.